The molecule has 4 N–H and O–H groups in total. The summed E-state index contributed by atoms with van der Waals surface area (Å²) in [4.78, 5) is 22.5. The molecule has 1 fully saturated rings. The highest BCUT2D eigenvalue weighted by Crippen LogP contribution is 2.25. The average molecular weight is 359 g/mol. The van der Waals surface area contributed by atoms with Crippen LogP contribution < -0.4 is 5.73 Å². The number of hydrogen-bond donors (Lipinski definition) is 3. The first-order valence-electron chi connectivity index (χ1n) is 8.34. The second-order valence-corrected chi connectivity index (χ2v) is 6.84. The Morgan fingerprint density at radius 1 is 1.40 bits per heavy atom. The summed E-state index contributed by atoms with van der Waals surface area (Å²) in [6, 6.07) is 7.99. The molecule has 0 spiro atoms. The molecule has 7 nitrogen and oxygen atoms in total. The number of nitrogens with two attached hydrogens (primary N) is 1. The van der Waals surface area contributed by atoms with Crippen LogP contribution in [0.15, 0.2) is 24.3 Å². The summed E-state index contributed by atoms with van der Waals surface area (Å²) >= 11 is 6.05. The van der Waals surface area contributed by atoms with Gasteiger partial charge in [-0.05, 0) is 30.9 Å². The van der Waals surface area contributed by atoms with Crippen molar-refractivity contribution in [2.24, 2.45) is 5.92 Å². The number of nitrogen functional groups attached to an aromatic ring is 1. The van der Waals surface area contributed by atoms with E-state index in [-0.39, 0.29) is 22.4 Å². The van der Waals surface area contributed by atoms with Crippen LogP contribution in [0.2, 0.25) is 5.02 Å². The Balaban J connectivity index is 1.47. The van der Waals surface area contributed by atoms with Crippen molar-refractivity contribution < 1.29 is 4.79 Å². The number of likely N-dealkylation sites (tertiary alicyclic amines) is 1. The zero-order chi connectivity index (χ0) is 17.4. The highest BCUT2D eigenvalue weighted by atomic mass is 35.5. The van der Waals surface area contributed by atoms with Crippen LogP contribution in [0.3, 0.4) is 0 Å². The summed E-state index contributed by atoms with van der Waals surface area (Å²) in [7, 11) is 0. The number of rotatable bonds is 3. The molecule has 1 amide bonds. The van der Waals surface area contributed by atoms with E-state index in [0.29, 0.717) is 19.0 Å². The zero-order valence-corrected chi connectivity index (χ0v) is 14.4. The van der Waals surface area contributed by atoms with Crippen molar-refractivity contribution in [3.63, 3.8) is 0 Å². The van der Waals surface area contributed by atoms with E-state index in [9.17, 15) is 4.79 Å². The molecule has 2 aromatic heterocycles. The van der Waals surface area contributed by atoms with Gasteiger partial charge >= 0.3 is 0 Å². The van der Waals surface area contributed by atoms with E-state index >= 15 is 0 Å². The largest absolute Gasteiger partial charge is 0.381 e. The second kappa shape index (κ2) is 6.40. The molecule has 1 saturated heterocycles. The van der Waals surface area contributed by atoms with Gasteiger partial charge < -0.3 is 15.6 Å². The number of benzene rings is 1. The predicted octanol–water partition coefficient (Wildman–Crippen LogP) is 2.62. The lowest BCUT2D eigenvalue weighted by Gasteiger charge is -2.32. The first-order valence-corrected chi connectivity index (χ1v) is 8.72. The Morgan fingerprint density at radius 3 is 3.00 bits per heavy atom. The number of nitrogens with one attached hydrogen (secondary N) is 2. The van der Waals surface area contributed by atoms with Crippen LogP contribution in [-0.2, 0) is 6.42 Å². The number of nitrogens with zero attached hydrogens (tertiary/aromatic N) is 3. The van der Waals surface area contributed by atoms with E-state index in [1.54, 1.807) is 0 Å². The fourth-order valence-corrected chi connectivity index (χ4v) is 3.60. The Morgan fingerprint density at radius 2 is 2.24 bits per heavy atom. The van der Waals surface area contributed by atoms with Crippen LogP contribution in [0.4, 0.5) is 5.82 Å². The number of aromatic nitrogens is 4. The molecule has 1 atom stereocenters. The fourth-order valence-electron chi connectivity index (χ4n) is 3.43. The van der Waals surface area contributed by atoms with Gasteiger partial charge in [0.1, 0.15) is 16.5 Å². The SMILES string of the molecule is Nc1n[nH]c(C(=O)N2CCC[C@H](Cc3nc4ccccc4[nH]3)C2)c1Cl. The standard InChI is InChI=1S/C17H19ClN6O/c18-14-15(22-23-16(14)19)17(25)24-7-3-4-10(9-24)8-13-20-11-5-1-2-6-12(11)21-13/h1-2,5-6,10H,3-4,7-9H2,(H,20,21)(H3,19,22,23)/t10-/m1/s1. The van der Waals surface area contributed by atoms with Crippen LogP contribution >= 0.6 is 11.6 Å². The van der Waals surface area contributed by atoms with Crippen LogP contribution in [0.25, 0.3) is 11.0 Å². The molecule has 3 aromatic rings. The monoisotopic (exact) mass is 358 g/mol. The van der Waals surface area contributed by atoms with E-state index < -0.39 is 0 Å². The van der Waals surface area contributed by atoms with Crippen molar-refractivity contribution in [1.82, 2.24) is 25.1 Å². The number of carbonyl (C=O) groups is 1. The fraction of sp³-hybridized carbons (Fsp3) is 0.353. The highest BCUT2D eigenvalue weighted by molar-refractivity contribution is 6.35. The number of para-hydroxylation sites is 2. The van der Waals surface area contributed by atoms with Crippen LogP contribution in [0, 0.1) is 5.92 Å². The summed E-state index contributed by atoms with van der Waals surface area (Å²) < 4.78 is 0. The van der Waals surface area contributed by atoms with E-state index in [1.807, 2.05) is 29.2 Å². The van der Waals surface area contributed by atoms with Crippen LogP contribution in [0.1, 0.15) is 29.2 Å². The number of H-pyrrole nitrogens is 2. The number of amides is 1. The lowest BCUT2D eigenvalue weighted by atomic mass is 9.94. The van der Waals surface area contributed by atoms with Gasteiger partial charge in [0, 0.05) is 19.5 Å². The summed E-state index contributed by atoms with van der Waals surface area (Å²) in [5.74, 6) is 1.32. The lowest BCUT2D eigenvalue weighted by molar-refractivity contribution is 0.0666. The maximum absolute atomic E-state index is 12.7. The van der Waals surface area contributed by atoms with Gasteiger partial charge in [0.25, 0.3) is 5.91 Å². The Hall–Kier alpha value is -2.54. The maximum Gasteiger partial charge on any atom is 0.273 e. The molecule has 0 aliphatic carbocycles. The Labute approximate surface area is 149 Å². The summed E-state index contributed by atoms with van der Waals surface area (Å²) in [5.41, 5.74) is 7.90. The first kappa shape index (κ1) is 16.0. The van der Waals surface area contributed by atoms with Gasteiger partial charge in [-0.15, -0.1) is 0 Å². The molecule has 0 saturated carbocycles. The van der Waals surface area contributed by atoms with Gasteiger partial charge in [-0.25, -0.2) is 4.98 Å². The van der Waals surface area contributed by atoms with Crippen molar-refractivity contribution in [3.8, 4) is 0 Å². The molecule has 3 heterocycles. The predicted molar refractivity (Wildman–Crippen MR) is 96.4 cm³/mol. The second-order valence-electron chi connectivity index (χ2n) is 6.46. The Bertz CT molecular complexity index is 884. The molecule has 1 aliphatic heterocycles. The number of carbonyl (C=O) groups excluding carboxylic acids is 1. The summed E-state index contributed by atoms with van der Waals surface area (Å²) in [6.45, 7) is 1.38. The van der Waals surface area contributed by atoms with Crippen LogP contribution in [-0.4, -0.2) is 44.1 Å². The number of imidazole rings is 1. The molecule has 0 radical (unpaired) electrons. The van der Waals surface area contributed by atoms with Crippen LogP contribution in [0.5, 0.6) is 0 Å². The first-order chi connectivity index (χ1) is 12.1. The molecule has 1 aromatic carbocycles. The van der Waals surface area contributed by atoms with Gasteiger partial charge in [-0.2, -0.15) is 5.10 Å². The molecule has 1 aliphatic rings. The number of aromatic amines is 2. The summed E-state index contributed by atoms with van der Waals surface area (Å²) in [5, 5.41) is 6.64. The number of halogens is 1. The minimum Gasteiger partial charge on any atom is -0.381 e. The number of fused-ring (bicyclic) bond motifs is 1. The quantitative estimate of drug-likeness (QED) is 0.669. The molecular formula is C17H19ClN6O. The van der Waals surface area contributed by atoms with Crippen molar-refractivity contribution in [3.05, 3.63) is 40.8 Å². The van der Waals surface area contributed by atoms with E-state index in [4.69, 9.17) is 17.3 Å². The van der Waals surface area contributed by atoms with Crippen molar-refractivity contribution in [2.45, 2.75) is 19.3 Å². The number of piperidine rings is 1. The third-order valence-corrected chi connectivity index (χ3v) is 5.06. The number of anilines is 1. The van der Waals surface area contributed by atoms with Gasteiger partial charge in [0.05, 0.1) is 11.0 Å². The van der Waals surface area contributed by atoms with Crippen molar-refractivity contribution in [2.75, 3.05) is 18.8 Å². The average Bonchev–Trinajstić information content (AvgIpc) is 3.17. The van der Waals surface area contributed by atoms with Gasteiger partial charge in [-0.3, -0.25) is 9.89 Å². The molecule has 25 heavy (non-hydrogen) atoms. The normalized spacial score (nSPS) is 18.0. The van der Waals surface area contributed by atoms with Crippen molar-refractivity contribution >= 4 is 34.4 Å². The van der Waals surface area contributed by atoms with Gasteiger partial charge in [0.15, 0.2) is 5.82 Å². The minimum atomic E-state index is -0.150. The molecule has 0 unspecified atom stereocenters. The lowest BCUT2D eigenvalue weighted by Crippen LogP contribution is -2.40. The minimum absolute atomic E-state index is 0.150. The third kappa shape index (κ3) is 3.07. The van der Waals surface area contributed by atoms with E-state index in [1.165, 1.54) is 0 Å². The Kier molecular flexibility index (Phi) is 4.09. The van der Waals surface area contributed by atoms with Crippen molar-refractivity contribution in [1.29, 1.82) is 0 Å². The third-order valence-electron chi connectivity index (χ3n) is 4.67. The zero-order valence-electron chi connectivity index (χ0n) is 13.6. The molecule has 8 heteroatoms. The topological polar surface area (TPSA) is 104 Å². The van der Waals surface area contributed by atoms with Gasteiger partial charge in [0.2, 0.25) is 0 Å². The molecule has 0 bridgehead atoms. The molecule has 130 valence electrons. The highest BCUT2D eigenvalue weighted by Gasteiger charge is 2.28. The molecule has 4 rings (SSSR count). The smallest absolute Gasteiger partial charge is 0.273 e. The number of hydrogen-bond acceptors (Lipinski definition) is 4. The van der Waals surface area contributed by atoms with Gasteiger partial charge in [-0.1, -0.05) is 23.7 Å². The van der Waals surface area contributed by atoms with E-state index in [2.05, 4.69) is 20.2 Å². The maximum atomic E-state index is 12.7. The summed E-state index contributed by atoms with van der Waals surface area (Å²) in [6.07, 6.45) is 2.84. The molecular weight excluding hydrogens is 340 g/mol. The van der Waals surface area contributed by atoms with E-state index in [0.717, 1.165) is 36.1 Å².